The van der Waals surface area contributed by atoms with Gasteiger partial charge in [-0.25, -0.2) is 14.6 Å². The minimum Gasteiger partial charge on any atom is -0.413 e. The summed E-state index contributed by atoms with van der Waals surface area (Å²) in [6, 6.07) is 0. The molecule has 0 radical (unpaired) electrons. The molecule has 0 unspecified atom stereocenters. The van der Waals surface area contributed by atoms with Gasteiger partial charge in [-0.2, -0.15) is 5.10 Å². The van der Waals surface area contributed by atoms with Crippen molar-refractivity contribution in [1.29, 1.82) is 0 Å². The van der Waals surface area contributed by atoms with Gasteiger partial charge >= 0.3 is 0 Å². The highest BCUT2D eigenvalue weighted by Gasteiger charge is 2.57. The van der Waals surface area contributed by atoms with E-state index in [0.717, 1.165) is 10.4 Å². The predicted octanol–water partition coefficient (Wildman–Crippen LogP) is 4.74. The number of rotatable bonds is 8. The number of nitrogens with zero attached hydrogens (tertiary/aromatic N) is 4. The van der Waals surface area contributed by atoms with Gasteiger partial charge in [0, 0.05) is 0 Å². The van der Waals surface area contributed by atoms with E-state index in [2.05, 4.69) is 51.5 Å². The zero-order valence-corrected chi connectivity index (χ0v) is 23.5. The molecule has 4 rings (SSSR count). The first kappa shape index (κ1) is 25.8. The van der Waals surface area contributed by atoms with Crippen LogP contribution in [0.25, 0.3) is 11.0 Å². The fourth-order valence-electron chi connectivity index (χ4n) is 6.00. The van der Waals surface area contributed by atoms with Gasteiger partial charge in [0.15, 0.2) is 26.0 Å². The second-order valence-electron chi connectivity index (χ2n) is 10.7. The summed E-state index contributed by atoms with van der Waals surface area (Å²) in [4.78, 5) is 8.63. The largest absolute Gasteiger partial charge is 0.413 e. The van der Waals surface area contributed by atoms with Crippen LogP contribution in [0.4, 0.5) is 5.82 Å². The molecule has 190 valence electrons. The van der Waals surface area contributed by atoms with E-state index in [1.165, 1.54) is 18.1 Å². The summed E-state index contributed by atoms with van der Waals surface area (Å²) < 4.78 is 27.9. The summed E-state index contributed by atoms with van der Waals surface area (Å²) in [5, 5.41) is 6.29. The summed E-state index contributed by atoms with van der Waals surface area (Å²) >= 11 is 1.50. The lowest BCUT2D eigenvalue weighted by Crippen LogP contribution is -2.50. The monoisotopic (exact) mass is 509 g/mol. The summed E-state index contributed by atoms with van der Waals surface area (Å²) in [6.07, 6.45) is 2.01. The molecule has 0 amide bonds. The van der Waals surface area contributed by atoms with E-state index < -0.39 is 20.3 Å². The lowest BCUT2D eigenvalue weighted by molar-refractivity contribution is -0.200. The first-order valence-corrected chi connectivity index (χ1v) is 15.5. The minimum absolute atomic E-state index is 0.269. The molecule has 4 atom stereocenters. The van der Waals surface area contributed by atoms with Crippen LogP contribution < -0.4 is 5.73 Å². The molecule has 34 heavy (non-hydrogen) atoms. The maximum atomic E-state index is 6.89. The van der Waals surface area contributed by atoms with E-state index in [-0.39, 0.29) is 18.3 Å². The van der Waals surface area contributed by atoms with Gasteiger partial charge in [-0.15, -0.1) is 11.8 Å². The number of ether oxygens (including phenoxy) is 3. The van der Waals surface area contributed by atoms with E-state index in [1.54, 1.807) is 4.68 Å². The normalized spacial score (nSPS) is 26.9. The van der Waals surface area contributed by atoms with Crippen LogP contribution in [-0.2, 0) is 18.6 Å². The molecule has 4 heterocycles. The maximum absolute atomic E-state index is 6.89. The van der Waals surface area contributed by atoms with Gasteiger partial charge in [-0.1, -0.05) is 41.5 Å². The standard InChI is InChI=1S/C23H39N5O4SSi/c1-12(2)34(13(3)4,14(5)6)29-10-15-17-18(32-23(7,8)31-17)22(30-15)28-20-16(21(27-28)33-9)19(24)25-11-26-20/h11-15,17-18,22H,10H2,1-9H3,(H2,24,25,26)/t15-,17-,18-,22-/m1/s1. The Morgan fingerprint density at radius 3 is 2.29 bits per heavy atom. The molecular weight excluding hydrogens is 470 g/mol. The van der Waals surface area contributed by atoms with E-state index in [1.807, 2.05) is 20.1 Å². The van der Waals surface area contributed by atoms with E-state index in [0.29, 0.717) is 34.7 Å². The predicted molar refractivity (Wildman–Crippen MR) is 136 cm³/mol. The Kier molecular flexibility index (Phi) is 7.09. The van der Waals surface area contributed by atoms with Crippen LogP contribution in [-0.4, -0.2) is 65.0 Å². The quantitative estimate of drug-likeness (QED) is 0.399. The zero-order valence-electron chi connectivity index (χ0n) is 21.7. The van der Waals surface area contributed by atoms with Crippen molar-refractivity contribution in [2.75, 3.05) is 18.6 Å². The number of hydrogen-bond donors (Lipinski definition) is 1. The van der Waals surface area contributed by atoms with Crippen LogP contribution >= 0.6 is 11.8 Å². The topological polar surface area (TPSA) is 107 Å². The molecule has 2 N–H and O–H groups in total. The third-order valence-corrected chi connectivity index (χ3v) is 14.0. The van der Waals surface area contributed by atoms with Crippen molar-refractivity contribution in [2.24, 2.45) is 0 Å². The third-order valence-electron chi connectivity index (χ3n) is 7.25. The molecule has 11 heteroatoms. The van der Waals surface area contributed by atoms with Gasteiger partial charge in [-0.05, 0) is 36.7 Å². The van der Waals surface area contributed by atoms with Gasteiger partial charge in [-0.3, -0.25) is 0 Å². The Labute approximate surface area is 207 Å². The lowest BCUT2D eigenvalue weighted by atomic mass is 10.1. The van der Waals surface area contributed by atoms with Crippen molar-refractivity contribution < 1.29 is 18.6 Å². The van der Waals surface area contributed by atoms with Crippen molar-refractivity contribution in [3.8, 4) is 0 Å². The first-order valence-electron chi connectivity index (χ1n) is 12.1. The SMILES string of the molecule is CSc1nn([C@@H]2O[C@H](CO[Si](C(C)C)(C(C)C)C(C)C)[C@H]3OC(C)(C)O[C@H]32)c2ncnc(N)c12. The smallest absolute Gasteiger partial charge is 0.200 e. The zero-order chi connectivity index (χ0) is 25.0. The highest BCUT2D eigenvalue weighted by Crippen LogP contribution is 2.47. The van der Waals surface area contributed by atoms with E-state index >= 15 is 0 Å². The molecule has 2 aromatic heterocycles. The summed E-state index contributed by atoms with van der Waals surface area (Å²) in [7, 11) is -2.07. The van der Waals surface area contributed by atoms with Gasteiger partial charge in [0.05, 0.1) is 12.0 Å². The van der Waals surface area contributed by atoms with Crippen molar-refractivity contribution in [3.05, 3.63) is 6.33 Å². The number of hydrogen-bond acceptors (Lipinski definition) is 9. The minimum atomic E-state index is -2.07. The van der Waals surface area contributed by atoms with Crippen LogP contribution in [0.5, 0.6) is 0 Å². The number of nitrogens with two attached hydrogens (primary N) is 1. The molecule has 0 aromatic carbocycles. The average Bonchev–Trinajstić information content (AvgIpc) is 3.37. The van der Waals surface area contributed by atoms with Gasteiger partial charge < -0.3 is 24.4 Å². The van der Waals surface area contributed by atoms with Crippen molar-refractivity contribution in [2.45, 2.75) is 107 Å². The molecule has 0 bridgehead atoms. The molecule has 2 saturated heterocycles. The summed E-state index contributed by atoms with van der Waals surface area (Å²) in [6.45, 7) is 18.1. The molecule has 2 aromatic rings. The number of aromatic nitrogens is 4. The number of fused-ring (bicyclic) bond motifs is 2. The highest BCUT2D eigenvalue weighted by molar-refractivity contribution is 7.98. The summed E-state index contributed by atoms with van der Waals surface area (Å²) in [5.74, 6) is -0.321. The molecule has 0 saturated carbocycles. The Balaban J connectivity index is 1.68. The second kappa shape index (κ2) is 9.33. The molecule has 9 nitrogen and oxygen atoms in total. The first-order chi connectivity index (χ1) is 15.9. The van der Waals surface area contributed by atoms with Crippen LogP contribution in [0.2, 0.25) is 16.6 Å². The summed E-state index contributed by atoms with van der Waals surface area (Å²) in [5.41, 5.74) is 8.25. The number of anilines is 1. The molecular formula is C23H39N5O4SSi. The fourth-order valence-corrected chi connectivity index (χ4v) is 12.0. The van der Waals surface area contributed by atoms with Crippen LogP contribution in [0.3, 0.4) is 0 Å². The molecule has 0 spiro atoms. The van der Waals surface area contributed by atoms with Crippen molar-refractivity contribution in [3.63, 3.8) is 0 Å². The molecule has 2 aliphatic rings. The molecule has 2 fully saturated rings. The van der Waals surface area contributed by atoms with Crippen LogP contribution in [0.1, 0.15) is 61.6 Å². The maximum Gasteiger partial charge on any atom is 0.200 e. The lowest BCUT2D eigenvalue weighted by Gasteiger charge is -2.43. The number of nitrogen functional groups attached to an aromatic ring is 1. The fraction of sp³-hybridized carbons (Fsp3) is 0.783. The van der Waals surface area contributed by atoms with Crippen molar-refractivity contribution in [1.82, 2.24) is 19.7 Å². The van der Waals surface area contributed by atoms with Gasteiger partial charge in [0.25, 0.3) is 0 Å². The third kappa shape index (κ3) is 4.18. The Hall–Kier alpha value is -1.24. The van der Waals surface area contributed by atoms with Gasteiger partial charge in [0.2, 0.25) is 0 Å². The van der Waals surface area contributed by atoms with E-state index in [4.69, 9.17) is 29.5 Å². The van der Waals surface area contributed by atoms with E-state index in [9.17, 15) is 0 Å². The Morgan fingerprint density at radius 2 is 1.71 bits per heavy atom. The van der Waals surface area contributed by atoms with Crippen LogP contribution in [0, 0.1) is 0 Å². The van der Waals surface area contributed by atoms with Crippen molar-refractivity contribution >= 4 is 36.9 Å². The average molecular weight is 510 g/mol. The second-order valence-corrected chi connectivity index (χ2v) is 16.9. The molecule has 0 aliphatic carbocycles. The van der Waals surface area contributed by atoms with Crippen LogP contribution in [0.15, 0.2) is 11.4 Å². The number of thioether (sulfide) groups is 1. The van der Waals surface area contributed by atoms with Gasteiger partial charge in [0.1, 0.15) is 35.5 Å². The molecule has 2 aliphatic heterocycles. The highest BCUT2D eigenvalue weighted by atomic mass is 32.2. The Morgan fingerprint density at radius 1 is 1.09 bits per heavy atom. The Bertz CT molecular complexity index is 1010.